The normalized spacial score (nSPS) is 18.2. The predicted molar refractivity (Wildman–Crippen MR) is 187 cm³/mol. The lowest BCUT2D eigenvalue weighted by Gasteiger charge is -2.37. The van der Waals surface area contributed by atoms with Crippen molar-refractivity contribution in [2.75, 3.05) is 0 Å². The minimum absolute atomic E-state index is 0.0169. The van der Waals surface area contributed by atoms with Crippen LogP contribution in [0.1, 0.15) is 113 Å². The number of hydrogen-bond donors (Lipinski definition) is 2. The molecule has 0 saturated carbocycles. The van der Waals surface area contributed by atoms with Crippen LogP contribution in [0.25, 0.3) is 34.2 Å². The van der Waals surface area contributed by atoms with Gasteiger partial charge < -0.3 is 0 Å². The molecule has 2 N–H and O–H groups in total. The summed E-state index contributed by atoms with van der Waals surface area (Å²) in [5.74, 6) is 3.44. The Morgan fingerprint density at radius 2 is 1.18 bits per heavy atom. The molecule has 1 aliphatic carbocycles. The first-order chi connectivity index (χ1) is 20.7. The van der Waals surface area contributed by atoms with E-state index in [-0.39, 0.29) is 27.6 Å². The molecule has 5 rings (SSSR count). The Balaban J connectivity index is 1.47. The summed E-state index contributed by atoms with van der Waals surface area (Å²) in [5.41, 5.74) is 8.41. The number of nitrogens with zero attached hydrogens (tertiary/aromatic N) is 4. The number of allylic oxidation sites excluding steroid dienone is 4. The molecule has 6 nitrogen and oxygen atoms in total. The lowest BCUT2D eigenvalue weighted by molar-refractivity contribution is 0.396. The van der Waals surface area contributed by atoms with Crippen molar-refractivity contribution < 1.29 is 0 Å². The fourth-order valence-corrected chi connectivity index (χ4v) is 6.06. The van der Waals surface area contributed by atoms with Gasteiger partial charge >= 0.3 is 0 Å². The van der Waals surface area contributed by atoms with Crippen LogP contribution in [0.4, 0.5) is 0 Å². The highest BCUT2D eigenvalue weighted by Crippen LogP contribution is 2.46. The summed E-state index contributed by atoms with van der Waals surface area (Å²) in [4.78, 5) is 10.0. The molecule has 2 unspecified atom stereocenters. The molecule has 0 spiro atoms. The van der Waals surface area contributed by atoms with Crippen LogP contribution in [-0.2, 0) is 10.8 Å². The van der Waals surface area contributed by atoms with Gasteiger partial charge in [0.2, 0.25) is 0 Å². The van der Waals surface area contributed by atoms with E-state index >= 15 is 0 Å². The summed E-state index contributed by atoms with van der Waals surface area (Å²) in [5, 5.41) is 15.8. The van der Waals surface area contributed by atoms with E-state index in [2.05, 4.69) is 154 Å². The number of hydrogen-bond acceptors (Lipinski definition) is 4. The van der Waals surface area contributed by atoms with Gasteiger partial charge in [-0.15, -0.1) is 0 Å². The van der Waals surface area contributed by atoms with Crippen molar-refractivity contribution in [3.63, 3.8) is 0 Å². The summed E-state index contributed by atoms with van der Waals surface area (Å²) in [6.45, 7) is 29.5. The fraction of sp³-hybridized carbons (Fsp3) is 0.487. The third-order valence-corrected chi connectivity index (χ3v) is 9.05. The van der Waals surface area contributed by atoms with Gasteiger partial charge in [-0.2, -0.15) is 10.2 Å². The molecule has 238 valence electrons. The smallest absolute Gasteiger partial charge is 0.181 e. The highest BCUT2D eigenvalue weighted by atomic mass is 15.2. The Bertz CT molecular complexity index is 1720. The Labute approximate surface area is 270 Å². The second-order valence-electron chi connectivity index (χ2n) is 17.0. The number of rotatable bonds is 4. The second-order valence-corrected chi connectivity index (χ2v) is 17.0. The first kappa shape index (κ1) is 32.6. The van der Waals surface area contributed by atoms with Crippen LogP contribution in [0.2, 0.25) is 0 Å². The minimum Gasteiger partial charge on any atom is -0.262 e. The number of benzene rings is 2. The van der Waals surface area contributed by atoms with Crippen LogP contribution >= 0.6 is 0 Å². The van der Waals surface area contributed by atoms with Crippen LogP contribution in [0, 0.1) is 16.7 Å². The van der Waals surface area contributed by atoms with E-state index in [1.165, 1.54) is 22.3 Å². The van der Waals surface area contributed by atoms with Crippen molar-refractivity contribution in [1.29, 1.82) is 0 Å². The number of aromatic nitrogens is 6. The van der Waals surface area contributed by atoms with Gasteiger partial charge in [0.15, 0.2) is 17.5 Å². The van der Waals surface area contributed by atoms with Crippen LogP contribution in [-0.4, -0.2) is 30.4 Å². The maximum atomic E-state index is 5.06. The highest BCUT2D eigenvalue weighted by molar-refractivity contribution is 5.68. The van der Waals surface area contributed by atoms with Crippen LogP contribution in [0.15, 0.2) is 65.8 Å². The van der Waals surface area contributed by atoms with Crippen LogP contribution < -0.4 is 0 Å². The largest absolute Gasteiger partial charge is 0.262 e. The third kappa shape index (κ3) is 6.90. The van der Waals surface area contributed by atoms with Gasteiger partial charge in [-0.05, 0) is 62.5 Å². The summed E-state index contributed by atoms with van der Waals surface area (Å²) in [6, 6.07) is 15.0. The molecule has 0 aliphatic heterocycles. The Morgan fingerprint density at radius 1 is 0.600 bits per heavy atom. The van der Waals surface area contributed by atoms with E-state index in [1.807, 2.05) is 6.07 Å². The van der Waals surface area contributed by atoms with E-state index in [0.29, 0.717) is 17.6 Å². The van der Waals surface area contributed by atoms with E-state index in [1.54, 1.807) is 0 Å². The maximum absolute atomic E-state index is 5.06. The van der Waals surface area contributed by atoms with E-state index in [4.69, 9.17) is 15.1 Å². The zero-order valence-corrected chi connectivity index (χ0v) is 29.6. The van der Waals surface area contributed by atoms with Gasteiger partial charge in [0.1, 0.15) is 5.82 Å². The molecule has 4 aromatic rings. The summed E-state index contributed by atoms with van der Waals surface area (Å²) >= 11 is 0. The molecular weight excluding hydrogens is 552 g/mol. The first-order valence-corrected chi connectivity index (χ1v) is 16.3. The predicted octanol–water partition coefficient (Wildman–Crippen LogP) is 10.2. The number of H-pyrrole nitrogens is 2. The second kappa shape index (κ2) is 11.2. The molecule has 0 amide bonds. The summed E-state index contributed by atoms with van der Waals surface area (Å²) < 4.78 is 0. The SMILES string of the molecule is CC1C(C(C)(C)C)=CC(C(C)(C)C)=CC1c1nc(-c2cccc(-c3nc(-c4cc(C(C)(C)C)cc(C(C)(C)C)c4)n[nH]3)c2)n[nH]1. The van der Waals surface area contributed by atoms with Crippen molar-refractivity contribution in [1.82, 2.24) is 30.4 Å². The molecule has 2 atom stereocenters. The zero-order valence-electron chi connectivity index (χ0n) is 29.6. The topological polar surface area (TPSA) is 83.1 Å². The van der Waals surface area contributed by atoms with Crippen molar-refractivity contribution in [2.24, 2.45) is 16.7 Å². The maximum Gasteiger partial charge on any atom is 0.181 e. The monoisotopic (exact) mass is 604 g/mol. The first-order valence-electron chi connectivity index (χ1n) is 16.3. The molecular formula is C39H52N6. The molecule has 2 aromatic heterocycles. The minimum atomic E-state index is 0.0169. The quantitative estimate of drug-likeness (QED) is 0.243. The third-order valence-electron chi connectivity index (χ3n) is 9.05. The van der Waals surface area contributed by atoms with Crippen molar-refractivity contribution in [3.8, 4) is 34.2 Å². The van der Waals surface area contributed by atoms with E-state index in [0.717, 1.165) is 28.3 Å². The van der Waals surface area contributed by atoms with Crippen molar-refractivity contribution in [2.45, 2.75) is 107 Å². The molecule has 0 fully saturated rings. The fourth-order valence-electron chi connectivity index (χ4n) is 6.06. The van der Waals surface area contributed by atoms with Crippen LogP contribution in [0.5, 0.6) is 0 Å². The number of aromatic amines is 2. The van der Waals surface area contributed by atoms with Gasteiger partial charge in [-0.3, -0.25) is 10.2 Å². The van der Waals surface area contributed by atoms with Gasteiger partial charge in [-0.1, -0.05) is 132 Å². The summed E-state index contributed by atoms with van der Waals surface area (Å²) in [6.07, 6.45) is 4.80. The lowest BCUT2D eigenvalue weighted by atomic mass is 9.67. The van der Waals surface area contributed by atoms with E-state index in [9.17, 15) is 0 Å². The van der Waals surface area contributed by atoms with Gasteiger partial charge in [0.05, 0.1) is 0 Å². The highest BCUT2D eigenvalue weighted by Gasteiger charge is 2.35. The van der Waals surface area contributed by atoms with Gasteiger partial charge in [-0.25, -0.2) is 9.97 Å². The summed E-state index contributed by atoms with van der Waals surface area (Å²) in [7, 11) is 0. The average molecular weight is 605 g/mol. The lowest BCUT2D eigenvalue weighted by Crippen LogP contribution is -2.26. The molecule has 0 saturated heterocycles. The molecule has 1 aliphatic rings. The van der Waals surface area contributed by atoms with Gasteiger partial charge in [0.25, 0.3) is 0 Å². The van der Waals surface area contributed by atoms with Crippen molar-refractivity contribution >= 4 is 0 Å². The Hall–Kier alpha value is -3.80. The molecule has 2 aromatic carbocycles. The van der Waals surface area contributed by atoms with Crippen molar-refractivity contribution in [3.05, 3.63) is 82.7 Å². The molecule has 0 bridgehead atoms. The van der Waals surface area contributed by atoms with E-state index < -0.39 is 0 Å². The Morgan fingerprint density at radius 3 is 1.76 bits per heavy atom. The molecule has 0 radical (unpaired) electrons. The van der Waals surface area contributed by atoms with Gasteiger partial charge in [0, 0.05) is 22.6 Å². The standard InChI is InChI=1S/C39H52N6/c1-23-30(21-29(38(8,9)10)22-31(23)39(11,12)13)35-41-33(43-45-35)25-16-14-15-24(17-25)32-40-34(44-42-32)26-18-27(36(2,3)4)20-28(19-26)37(5,6)7/h14-23,30H,1-13H3,(H,40,42,44)(H,41,43,45). The average Bonchev–Trinajstić information content (AvgIpc) is 3.62. The molecule has 6 heteroatoms. The Kier molecular flexibility index (Phi) is 8.13. The molecule has 45 heavy (non-hydrogen) atoms. The van der Waals surface area contributed by atoms with Crippen LogP contribution in [0.3, 0.4) is 0 Å². The zero-order chi connectivity index (χ0) is 33.1. The molecule has 2 heterocycles. The number of nitrogens with one attached hydrogen (secondary N) is 2.